The molecular formula is C21H26N3O+. The third-order valence-corrected chi connectivity index (χ3v) is 6.82. The molecule has 1 spiro atoms. The van der Waals surface area contributed by atoms with Crippen molar-refractivity contribution in [3.8, 4) is 5.75 Å². The van der Waals surface area contributed by atoms with Gasteiger partial charge in [-0.1, -0.05) is 12.2 Å². The van der Waals surface area contributed by atoms with E-state index in [9.17, 15) is 5.11 Å². The molecule has 1 fully saturated rings. The average molecular weight is 336 g/mol. The average Bonchev–Trinajstić information content (AvgIpc) is 2.94. The van der Waals surface area contributed by atoms with Gasteiger partial charge in [-0.3, -0.25) is 4.99 Å². The molecule has 0 aromatic heterocycles. The van der Waals surface area contributed by atoms with Gasteiger partial charge in [0.1, 0.15) is 7.05 Å². The molecule has 0 unspecified atom stereocenters. The first kappa shape index (κ1) is 15.2. The van der Waals surface area contributed by atoms with Gasteiger partial charge in [-0.05, 0) is 38.5 Å². The first-order valence-corrected chi connectivity index (χ1v) is 9.44. The molecule has 0 atom stereocenters. The first-order chi connectivity index (χ1) is 12.0. The summed E-state index contributed by atoms with van der Waals surface area (Å²) in [4.78, 5) is 7.25. The fourth-order valence-electron chi connectivity index (χ4n) is 5.42. The third kappa shape index (κ3) is 1.88. The van der Waals surface area contributed by atoms with Crippen molar-refractivity contribution in [1.29, 1.82) is 0 Å². The molecule has 4 heteroatoms. The van der Waals surface area contributed by atoms with Crippen LogP contribution in [0.1, 0.15) is 44.1 Å². The Bertz CT molecular complexity index is 960. The summed E-state index contributed by atoms with van der Waals surface area (Å²) in [6, 6.07) is 0. The molecule has 1 aromatic rings. The summed E-state index contributed by atoms with van der Waals surface area (Å²) in [5.41, 5.74) is 6.17. The molecule has 0 bridgehead atoms. The minimum absolute atomic E-state index is 0.151. The number of phenolic OH excluding ortho intramolecular Hbond substituents is 1. The summed E-state index contributed by atoms with van der Waals surface area (Å²) < 4.78 is 2.09. The van der Waals surface area contributed by atoms with Gasteiger partial charge in [-0.25, -0.2) is 0 Å². The van der Waals surface area contributed by atoms with E-state index < -0.39 is 0 Å². The Labute approximate surface area is 148 Å². The number of hydrogen-bond donors (Lipinski definition) is 1. The van der Waals surface area contributed by atoms with Crippen molar-refractivity contribution >= 4 is 23.2 Å². The SMILES string of the molecule is C=C1CCC2(CC1)CCN(C)c1c(O)c3c4c(c12)=NCCC=4C=[N+]3C. The zero-order valence-corrected chi connectivity index (χ0v) is 15.2. The van der Waals surface area contributed by atoms with E-state index >= 15 is 0 Å². The molecule has 0 radical (unpaired) electrons. The lowest BCUT2D eigenvalue weighted by Crippen LogP contribution is -2.48. The fraction of sp³-hybridized carbons (Fsp3) is 0.524. The normalized spacial score (nSPS) is 23.3. The Morgan fingerprint density at radius 1 is 1.24 bits per heavy atom. The van der Waals surface area contributed by atoms with E-state index in [0.29, 0.717) is 5.75 Å². The second-order valence-corrected chi connectivity index (χ2v) is 8.24. The van der Waals surface area contributed by atoms with Crippen LogP contribution in [0.25, 0.3) is 5.57 Å². The Morgan fingerprint density at radius 3 is 2.76 bits per heavy atom. The van der Waals surface area contributed by atoms with Crippen LogP contribution in [0.3, 0.4) is 0 Å². The Balaban J connectivity index is 1.89. The van der Waals surface area contributed by atoms with Crippen molar-refractivity contribution in [3.05, 3.63) is 28.3 Å². The van der Waals surface area contributed by atoms with Crippen LogP contribution in [0.2, 0.25) is 0 Å². The molecule has 1 aliphatic carbocycles. The van der Waals surface area contributed by atoms with Crippen molar-refractivity contribution in [3.63, 3.8) is 0 Å². The van der Waals surface area contributed by atoms with E-state index in [1.807, 2.05) is 7.05 Å². The van der Waals surface area contributed by atoms with Crippen molar-refractivity contribution in [2.24, 2.45) is 4.99 Å². The third-order valence-electron chi connectivity index (χ3n) is 6.82. The zero-order valence-electron chi connectivity index (χ0n) is 15.2. The van der Waals surface area contributed by atoms with Gasteiger partial charge in [0.25, 0.3) is 5.69 Å². The van der Waals surface area contributed by atoms with Crippen LogP contribution < -0.4 is 15.5 Å². The highest BCUT2D eigenvalue weighted by Gasteiger charge is 2.45. The topological polar surface area (TPSA) is 38.8 Å². The number of fused-ring (bicyclic) bond motifs is 3. The Morgan fingerprint density at radius 2 is 2.00 bits per heavy atom. The Hall–Kier alpha value is -2.10. The largest absolute Gasteiger partial charge is 0.501 e. The van der Waals surface area contributed by atoms with Gasteiger partial charge in [0.2, 0.25) is 5.75 Å². The Kier molecular flexibility index (Phi) is 3.01. The molecule has 0 amide bonds. The van der Waals surface area contributed by atoms with Gasteiger partial charge < -0.3 is 10.0 Å². The van der Waals surface area contributed by atoms with Crippen molar-refractivity contribution in [1.82, 2.24) is 0 Å². The molecule has 3 heterocycles. The number of phenols is 1. The van der Waals surface area contributed by atoms with Gasteiger partial charge in [-0.2, -0.15) is 4.58 Å². The standard InChI is InChI=1S/C21H25N3O/c1-13-4-7-21(8-5-13)9-11-23(2)19-16(21)17-15-14(6-10-22-17)12-24(3)18(15)20(19)25/h12H,1,4-11H2,2-3H3/p+1. The highest BCUT2D eigenvalue weighted by atomic mass is 16.3. The minimum Gasteiger partial charge on any atom is -0.501 e. The second-order valence-electron chi connectivity index (χ2n) is 8.24. The number of hydrogen-bond acceptors (Lipinski definition) is 3. The van der Waals surface area contributed by atoms with Crippen LogP contribution in [0.5, 0.6) is 5.75 Å². The number of nitrogens with zero attached hydrogens (tertiary/aromatic N) is 3. The maximum atomic E-state index is 11.2. The van der Waals surface area contributed by atoms with Gasteiger partial charge in [0.15, 0.2) is 6.21 Å². The van der Waals surface area contributed by atoms with Gasteiger partial charge >= 0.3 is 0 Å². The quantitative estimate of drug-likeness (QED) is 0.582. The van der Waals surface area contributed by atoms with Crippen LogP contribution in [0.15, 0.2) is 17.1 Å². The molecule has 1 N–H and O–H groups in total. The van der Waals surface area contributed by atoms with Crippen molar-refractivity contribution in [2.75, 3.05) is 32.1 Å². The van der Waals surface area contributed by atoms with Crippen LogP contribution >= 0.6 is 0 Å². The number of anilines is 1. The number of aromatic hydroxyl groups is 1. The van der Waals surface area contributed by atoms with E-state index in [1.165, 1.54) is 27.3 Å². The summed E-state index contributed by atoms with van der Waals surface area (Å²) in [7, 11) is 4.15. The van der Waals surface area contributed by atoms with Gasteiger partial charge in [0, 0.05) is 36.7 Å². The maximum absolute atomic E-state index is 11.2. The monoisotopic (exact) mass is 336 g/mol. The molecule has 1 saturated carbocycles. The highest BCUT2D eigenvalue weighted by molar-refractivity contribution is 6.03. The van der Waals surface area contributed by atoms with E-state index in [-0.39, 0.29) is 5.41 Å². The van der Waals surface area contributed by atoms with E-state index in [2.05, 4.69) is 29.3 Å². The number of allylic oxidation sites excluding steroid dienone is 1. The summed E-state index contributed by atoms with van der Waals surface area (Å²) in [6.45, 7) is 6.07. The van der Waals surface area contributed by atoms with E-state index in [0.717, 1.165) is 63.0 Å². The molecular weight excluding hydrogens is 310 g/mol. The highest BCUT2D eigenvalue weighted by Crippen LogP contribution is 2.51. The molecule has 130 valence electrons. The van der Waals surface area contributed by atoms with Crippen LogP contribution in [-0.2, 0) is 5.41 Å². The summed E-state index contributed by atoms with van der Waals surface area (Å²) >= 11 is 0. The minimum atomic E-state index is 0.151. The molecule has 3 aliphatic heterocycles. The first-order valence-electron chi connectivity index (χ1n) is 9.44. The number of rotatable bonds is 0. The van der Waals surface area contributed by atoms with Gasteiger partial charge in [0.05, 0.1) is 16.3 Å². The molecule has 4 aliphatic rings. The fourth-order valence-corrected chi connectivity index (χ4v) is 5.42. The number of benzene rings is 1. The second kappa shape index (κ2) is 4.96. The summed E-state index contributed by atoms with van der Waals surface area (Å²) in [5.74, 6) is 0.450. The lowest BCUT2D eigenvalue weighted by molar-refractivity contribution is -0.397. The molecule has 5 rings (SSSR count). The van der Waals surface area contributed by atoms with Gasteiger partial charge in [-0.15, -0.1) is 0 Å². The van der Waals surface area contributed by atoms with Crippen molar-refractivity contribution < 1.29 is 9.68 Å². The molecule has 0 saturated heterocycles. The smallest absolute Gasteiger partial charge is 0.259 e. The van der Waals surface area contributed by atoms with Crippen LogP contribution in [0, 0.1) is 0 Å². The molecule has 1 aromatic carbocycles. The van der Waals surface area contributed by atoms with E-state index in [4.69, 9.17) is 4.99 Å². The predicted molar refractivity (Wildman–Crippen MR) is 101 cm³/mol. The zero-order chi connectivity index (χ0) is 17.3. The van der Waals surface area contributed by atoms with E-state index in [1.54, 1.807) is 0 Å². The lowest BCUT2D eigenvalue weighted by Gasteiger charge is -2.46. The van der Waals surface area contributed by atoms with Crippen LogP contribution in [0.4, 0.5) is 11.4 Å². The maximum Gasteiger partial charge on any atom is 0.259 e. The predicted octanol–water partition coefficient (Wildman–Crippen LogP) is 2.13. The summed E-state index contributed by atoms with van der Waals surface area (Å²) in [6.07, 6.45) is 8.79. The van der Waals surface area contributed by atoms with Crippen molar-refractivity contribution in [2.45, 2.75) is 43.9 Å². The lowest BCUT2D eigenvalue weighted by atomic mass is 9.64. The summed E-state index contributed by atoms with van der Waals surface area (Å²) in [5, 5.41) is 13.6. The molecule has 4 nitrogen and oxygen atoms in total. The van der Waals surface area contributed by atoms with Crippen LogP contribution in [-0.4, -0.2) is 43.1 Å². The molecule has 25 heavy (non-hydrogen) atoms.